The smallest absolute Gasteiger partial charge is 0.318 e. The minimum absolute atomic E-state index is 0.0526. The first-order valence-corrected chi connectivity index (χ1v) is 11.8. The van der Waals surface area contributed by atoms with Crippen LogP contribution in [0.25, 0.3) is 0 Å². The van der Waals surface area contributed by atoms with Crippen LogP contribution in [0.3, 0.4) is 0 Å². The Morgan fingerprint density at radius 3 is 2.09 bits per heavy atom. The van der Waals surface area contributed by atoms with Gasteiger partial charge in [-0.15, -0.1) is 11.3 Å². The summed E-state index contributed by atoms with van der Waals surface area (Å²) in [6.07, 6.45) is 0.787. The van der Waals surface area contributed by atoms with Gasteiger partial charge in [-0.1, -0.05) is 67.6 Å². The van der Waals surface area contributed by atoms with Crippen molar-refractivity contribution < 1.29 is 9.59 Å². The fraction of sp³-hybridized carbons (Fsp3) is 0.308. The van der Waals surface area contributed by atoms with Gasteiger partial charge in [0.15, 0.2) is 0 Å². The average Bonchev–Trinajstić information content (AvgIpc) is 3.22. The Kier molecular flexibility index (Phi) is 8.87. The molecule has 0 radical (unpaired) electrons. The molecule has 2 aromatic carbocycles. The average molecular weight is 450 g/mol. The van der Waals surface area contributed by atoms with E-state index in [1.165, 1.54) is 4.88 Å². The van der Waals surface area contributed by atoms with Gasteiger partial charge in [0.05, 0.1) is 6.54 Å². The van der Waals surface area contributed by atoms with Crippen molar-refractivity contribution in [2.45, 2.75) is 39.9 Å². The third-order valence-electron chi connectivity index (χ3n) is 5.11. The molecule has 3 rings (SSSR count). The number of amides is 3. The summed E-state index contributed by atoms with van der Waals surface area (Å²) in [4.78, 5) is 32.0. The largest absolute Gasteiger partial charge is 0.334 e. The van der Waals surface area contributed by atoms with Crippen molar-refractivity contribution >= 4 is 23.3 Å². The van der Waals surface area contributed by atoms with Crippen molar-refractivity contribution in [1.29, 1.82) is 0 Å². The van der Waals surface area contributed by atoms with Crippen LogP contribution in [0.1, 0.15) is 34.2 Å². The van der Waals surface area contributed by atoms with Gasteiger partial charge in [0.2, 0.25) is 5.91 Å². The molecule has 1 aromatic heterocycles. The van der Waals surface area contributed by atoms with Gasteiger partial charge in [0, 0.05) is 29.4 Å². The van der Waals surface area contributed by atoms with Gasteiger partial charge in [0.25, 0.3) is 0 Å². The van der Waals surface area contributed by atoms with Crippen LogP contribution in [0.15, 0.2) is 72.8 Å². The molecule has 0 saturated heterocycles. The number of hydrogen-bond donors (Lipinski definition) is 1. The fourth-order valence-corrected chi connectivity index (χ4v) is 4.37. The van der Waals surface area contributed by atoms with E-state index in [1.54, 1.807) is 16.2 Å². The lowest BCUT2D eigenvalue weighted by Gasteiger charge is -2.27. The third kappa shape index (κ3) is 7.24. The molecule has 0 atom stereocenters. The van der Waals surface area contributed by atoms with Crippen LogP contribution in [0.5, 0.6) is 0 Å². The number of aryl methyl sites for hydroxylation is 1. The molecule has 3 amide bonds. The summed E-state index contributed by atoms with van der Waals surface area (Å²) in [5.74, 6) is -0.0526. The highest BCUT2D eigenvalue weighted by atomic mass is 32.1. The Bertz CT molecular complexity index is 989. The van der Waals surface area contributed by atoms with E-state index in [2.05, 4.69) is 24.4 Å². The molecule has 0 aliphatic rings. The van der Waals surface area contributed by atoms with Gasteiger partial charge in [0.1, 0.15) is 6.54 Å². The van der Waals surface area contributed by atoms with Crippen LogP contribution >= 0.6 is 11.3 Å². The standard InChI is InChI=1S/C26H31N3O2S/c1-3-16-28(26(31)27-17-22-10-6-4-7-11-22)20-25(30)29(18-23-12-8-5-9-13-23)19-24-15-14-21(2)32-24/h4-15H,3,16-20H2,1-2H3,(H,27,31). The van der Waals surface area contributed by atoms with Crippen LogP contribution in [-0.4, -0.2) is 34.8 Å². The van der Waals surface area contributed by atoms with Crippen LogP contribution in [-0.2, 0) is 24.4 Å². The summed E-state index contributed by atoms with van der Waals surface area (Å²) in [7, 11) is 0. The predicted molar refractivity (Wildman–Crippen MR) is 130 cm³/mol. The molecular formula is C26H31N3O2S. The first-order valence-electron chi connectivity index (χ1n) is 11.0. The first kappa shape index (κ1) is 23.5. The van der Waals surface area contributed by atoms with E-state index in [9.17, 15) is 9.59 Å². The van der Waals surface area contributed by atoms with Gasteiger partial charge in [-0.2, -0.15) is 0 Å². The van der Waals surface area contributed by atoms with Gasteiger partial charge < -0.3 is 15.1 Å². The van der Waals surface area contributed by atoms with E-state index >= 15 is 0 Å². The second kappa shape index (κ2) is 12.1. The van der Waals surface area contributed by atoms with Crippen molar-refractivity contribution in [2.75, 3.05) is 13.1 Å². The number of benzene rings is 2. The fourth-order valence-electron chi connectivity index (χ4n) is 3.47. The predicted octanol–water partition coefficient (Wildman–Crippen LogP) is 5.21. The van der Waals surface area contributed by atoms with Crippen LogP contribution in [0.2, 0.25) is 0 Å². The summed E-state index contributed by atoms with van der Waals surface area (Å²) < 4.78 is 0. The van der Waals surface area contributed by atoms with E-state index in [-0.39, 0.29) is 18.5 Å². The first-order chi connectivity index (χ1) is 15.5. The number of hydrogen-bond acceptors (Lipinski definition) is 3. The molecular weight excluding hydrogens is 418 g/mol. The van der Waals surface area contributed by atoms with E-state index in [1.807, 2.05) is 72.5 Å². The summed E-state index contributed by atoms with van der Waals surface area (Å²) in [6.45, 7) is 6.17. The molecule has 0 fully saturated rings. The van der Waals surface area contributed by atoms with Crippen molar-refractivity contribution in [1.82, 2.24) is 15.1 Å². The topological polar surface area (TPSA) is 52.7 Å². The highest BCUT2D eigenvalue weighted by Gasteiger charge is 2.21. The molecule has 32 heavy (non-hydrogen) atoms. The minimum Gasteiger partial charge on any atom is -0.334 e. The maximum Gasteiger partial charge on any atom is 0.318 e. The summed E-state index contributed by atoms with van der Waals surface area (Å²) in [5.41, 5.74) is 2.10. The number of thiophene rings is 1. The molecule has 168 valence electrons. The lowest BCUT2D eigenvalue weighted by atomic mass is 10.2. The van der Waals surface area contributed by atoms with E-state index in [0.29, 0.717) is 26.2 Å². The molecule has 0 aliphatic heterocycles. The maximum atomic E-state index is 13.3. The molecule has 1 N–H and O–H groups in total. The van der Waals surface area contributed by atoms with Crippen molar-refractivity contribution in [3.8, 4) is 0 Å². The second-order valence-electron chi connectivity index (χ2n) is 7.81. The lowest BCUT2D eigenvalue weighted by Crippen LogP contribution is -2.46. The number of carbonyl (C=O) groups is 2. The normalized spacial score (nSPS) is 10.6. The van der Waals surface area contributed by atoms with Gasteiger partial charge in [-0.3, -0.25) is 4.79 Å². The number of nitrogens with zero attached hydrogens (tertiary/aromatic N) is 2. The van der Waals surface area contributed by atoms with Crippen molar-refractivity contribution in [2.24, 2.45) is 0 Å². The summed E-state index contributed by atoms with van der Waals surface area (Å²) in [5, 5.41) is 2.95. The Hall–Kier alpha value is -3.12. The van der Waals surface area contributed by atoms with Gasteiger partial charge in [-0.25, -0.2) is 4.79 Å². The van der Waals surface area contributed by atoms with Gasteiger partial charge >= 0.3 is 6.03 Å². The van der Waals surface area contributed by atoms with Crippen LogP contribution < -0.4 is 5.32 Å². The monoisotopic (exact) mass is 449 g/mol. The molecule has 0 bridgehead atoms. The molecule has 0 saturated carbocycles. The van der Waals surface area contributed by atoms with E-state index < -0.39 is 0 Å². The van der Waals surface area contributed by atoms with Crippen molar-refractivity contribution in [3.63, 3.8) is 0 Å². The molecule has 0 aliphatic carbocycles. The SMILES string of the molecule is CCCN(CC(=O)N(Cc1ccccc1)Cc1ccc(C)s1)C(=O)NCc1ccccc1. The molecule has 0 spiro atoms. The maximum absolute atomic E-state index is 13.3. The third-order valence-corrected chi connectivity index (χ3v) is 6.09. The zero-order valence-electron chi connectivity index (χ0n) is 18.8. The number of nitrogens with one attached hydrogen (secondary N) is 1. The number of urea groups is 1. The summed E-state index contributed by atoms with van der Waals surface area (Å²) >= 11 is 1.70. The lowest BCUT2D eigenvalue weighted by molar-refractivity contribution is -0.133. The zero-order valence-corrected chi connectivity index (χ0v) is 19.6. The Morgan fingerprint density at radius 1 is 0.844 bits per heavy atom. The minimum atomic E-state index is -0.212. The number of rotatable bonds is 10. The van der Waals surface area contributed by atoms with E-state index in [4.69, 9.17) is 0 Å². The number of carbonyl (C=O) groups excluding carboxylic acids is 2. The van der Waals surface area contributed by atoms with Crippen molar-refractivity contribution in [3.05, 3.63) is 93.7 Å². The molecule has 0 unspecified atom stereocenters. The molecule has 3 aromatic rings. The van der Waals surface area contributed by atoms with Gasteiger partial charge in [-0.05, 0) is 36.6 Å². The quantitative estimate of drug-likeness (QED) is 0.462. The Labute approximate surface area is 194 Å². The second-order valence-corrected chi connectivity index (χ2v) is 9.19. The zero-order chi connectivity index (χ0) is 22.8. The molecule has 5 nitrogen and oxygen atoms in total. The summed E-state index contributed by atoms with van der Waals surface area (Å²) in [6, 6.07) is 23.7. The van der Waals surface area contributed by atoms with E-state index in [0.717, 1.165) is 22.4 Å². The molecule has 6 heteroatoms. The highest BCUT2D eigenvalue weighted by Crippen LogP contribution is 2.19. The van der Waals surface area contributed by atoms with Crippen LogP contribution in [0.4, 0.5) is 4.79 Å². The molecule has 1 heterocycles. The Balaban J connectivity index is 1.68. The Morgan fingerprint density at radius 2 is 1.50 bits per heavy atom. The van der Waals surface area contributed by atoms with Crippen LogP contribution in [0, 0.1) is 6.92 Å². The highest BCUT2D eigenvalue weighted by molar-refractivity contribution is 7.11.